The van der Waals surface area contributed by atoms with Crippen LogP contribution in [0.5, 0.6) is 0 Å². The minimum absolute atomic E-state index is 0.253. The van der Waals surface area contributed by atoms with Crippen LogP contribution >= 0.6 is 0 Å². The minimum Gasteiger partial charge on any atom is -0.195 e. The van der Waals surface area contributed by atoms with E-state index in [1.54, 1.807) is 6.07 Å². The molecule has 0 radical (unpaired) electrons. The summed E-state index contributed by atoms with van der Waals surface area (Å²) < 4.78 is 13.1. The number of benzene rings is 1. The smallest absolute Gasteiger partial charge is 0.195 e. The fourth-order valence-electron chi connectivity index (χ4n) is 5.24. The predicted molar refractivity (Wildman–Crippen MR) is 124 cm³/mol. The number of hydrogen-bond acceptors (Lipinski definition) is 1. The zero-order valence-corrected chi connectivity index (χ0v) is 18.7. The second-order valence-corrected chi connectivity index (χ2v) is 9.50. The fraction of sp³-hybridized carbons (Fsp3) is 0.607. The van der Waals surface area contributed by atoms with E-state index < -0.39 is 5.83 Å². The van der Waals surface area contributed by atoms with Gasteiger partial charge in [-0.15, -0.1) is 0 Å². The molecular weight excluding hydrogens is 369 g/mol. The lowest BCUT2D eigenvalue weighted by molar-refractivity contribution is 0.346. The van der Waals surface area contributed by atoms with Crippen LogP contribution in [0.15, 0.2) is 48.3 Å². The molecule has 1 aromatic carbocycles. The highest BCUT2D eigenvalue weighted by atomic mass is 19.1. The van der Waals surface area contributed by atoms with Crippen molar-refractivity contribution in [2.24, 2.45) is 17.8 Å². The van der Waals surface area contributed by atoms with Gasteiger partial charge in [0.1, 0.15) is 6.07 Å². The van der Waals surface area contributed by atoms with Crippen LogP contribution in [-0.2, 0) is 6.42 Å². The Labute approximate surface area is 183 Å². The number of aryl methyl sites for hydroxylation is 1. The summed E-state index contributed by atoms with van der Waals surface area (Å²) in [7, 11) is 0. The molecule has 0 atom stereocenters. The number of hydrogen-bond donors (Lipinski definition) is 0. The van der Waals surface area contributed by atoms with E-state index in [-0.39, 0.29) is 5.92 Å². The highest BCUT2D eigenvalue weighted by Gasteiger charge is 2.22. The van der Waals surface area contributed by atoms with Crippen molar-refractivity contribution in [1.29, 1.82) is 5.26 Å². The molecule has 2 heteroatoms. The fourth-order valence-corrected chi connectivity index (χ4v) is 5.24. The lowest BCUT2D eigenvalue weighted by atomic mass is 9.77. The second-order valence-electron chi connectivity index (χ2n) is 9.50. The van der Waals surface area contributed by atoms with E-state index in [9.17, 15) is 4.39 Å². The van der Waals surface area contributed by atoms with Gasteiger partial charge >= 0.3 is 0 Å². The molecule has 1 aromatic rings. The maximum Gasteiger partial charge on any atom is 0.196 e. The van der Waals surface area contributed by atoms with Crippen LogP contribution in [-0.4, -0.2) is 0 Å². The van der Waals surface area contributed by atoms with Gasteiger partial charge in [0.25, 0.3) is 0 Å². The Balaban J connectivity index is 1.39. The summed E-state index contributed by atoms with van der Waals surface area (Å²) in [6.45, 7) is 2.26. The van der Waals surface area contributed by atoms with Crippen molar-refractivity contribution in [1.82, 2.24) is 0 Å². The van der Waals surface area contributed by atoms with Crippen molar-refractivity contribution in [3.05, 3.63) is 59.4 Å². The highest BCUT2D eigenvalue weighted by Crippen LogP contribution is 2.37. The molecule has 0 unspecified atom stereocenters. The number of nitrogens with zero attached hydrogens (tertiary/aromatic N) is 1. The Morgan fingerprint density at radius 1 is 0.900 bits per heavy atom. The van der Waals surface area contributed by atoms with Gasteiger partial charge in [-0.25, -0.2) is 0 Å². The van der Waals surface area contributed by atoms with Crippen LogP contribution in [0.1, 0.15) is 94.6 Å². The molecule has 0 amide bonds. The third-order valence-electron chi connectivity index (χ3n) is 7.25. The van der Waals surface area contributed by atoms with Crippen LogP contribution in [0.2, 0.25) is 0 Å². The number of allylic oxidation sites excluding steroid dienone is 4. The molecule has 0 bridgehead atoms. The number of nitriles is 1. The molecule has 1 nitrogen and oxygen atoms in total. The summed E-state index contributed by atoms with van der Waals surface area (Å²) in [5.41, 5.74) is 3.03. The molecule has 2 aliphatic carbocycles. The van der Waals surface area contributed by atoms with E-state index in [4.69, 9.17) is 5.26 Å². The van der Waals surface area contributed by atoms with Gasteiger partial charge in [-0.1, -0.05) is 56.2 Å². The lowest BCUT2D eigenvalue weighted by Crippen LogP contribution is -2.14. The van der Waals surface area contributed by atoms with Gasteiger partial charge in [-0.05, 0) is 105 Å². The van der Waals surface area contributed by atoms with E-state index in [2.05, 4.69) is 43.3 Å². The van der Waals surface area contributed by atoms with Crippen molar-refractivity contribution in [3.8, 4) is 6.07 Å². The average Bonchev–Trinajstić information content (AvgIpc) is 2.79. The molecule has 0 heterocycles. The van der Waals surface area contributed by atoms with Gasteiger partial charge in [-0.3, -0.25) is 0 Å². The molecule has 3 rings (SSSR count). The molecule has 2 fully saturated rings. The first kappa shape index (κ1) is 22.8. The Bertz CT molecular complexity index is 723. The standard InChI is InChI=1S/C28H38FN/c1-2-3-4-5-22-12-16-26(17-13-22)27-18-14-24(15-19-27)7-6-23-8-10-25(11-9-23)20-28(29)21-30/h6-7,12-13,16-17,20,23-25,27H,2-5,8-11,14-15,18-19H2,1H3/t23-,24-,25-,27-. The highest BCUT2D eigenvalue weighted by molar-refractivity contribution is 5.26. The first-order valence-corrected chi connectivity index (χ1v) is 12.2. The number of halogens is 1. The quantitative estimate of drug-likeness (QED) is 0.241. The van der Waals surface area contributed by atoms with Crippen LogP contribution in [0.4, 0.5) is 4.39 Å². The van der Waals surface area contributed by atoms with Crippen molar-refractivity contribution < 1.29 is 4.39 Å². The van der Waals surface area contributed by atoms with Gasteiger partial charge in [0.15, 0.2) is 5.83 Å². The third-order valence-corrected chi connectivity index (χ3v) is 7.25. The van der Waals surface area contributed by atoms with Crippen molar-refractivity contribution in [2.45, 2.75) is 89.9 Å². The molecule has 2 aliphatic rings. The SMILES string of the molecule is CCCCCc1ccc([C@H]2CC[C@H](C=C[C@H]3CC[C@H](C=C(F)C#N)CC3)CC2)cc1. The first-order valence-electron chi connectivity index (χ1n) is 12.2. The first-order chi connectivity index (χ1) is 14.7. The van der Waals surface area contributed by atoms with E-state index in [0.29, 0.717) is 5.92 Å². The van der Waals surface area contributed by atoms with Crippen LogP contribution in [0, 0.1) is 29.1 Å². The minimum atomic E-state index is -0.614. The summed E-state index contributed by atoms with van der Waals surface area (Å²) in [6.07, 6.45) is 21.0. The number of unbranched alkanes of at least 4 members (excludes halogenated alkanes) is 2. The van der Waals surface area contributed by atoms with Gasteiger partial charge < -0.3 is 0 Å². The van der Waals surface area contributed by atoms with Crippen LogP contribution in [0.3, 0.4) is 0 Å². The zero-order chi connectivity index (χ0) is 21.2. The lowest BCUT2D eigenvalue weighted by Gasteiger charge is -2.28. The van der Waals surface area contributed by atoms with Gasteiger partial charge in [0.05, 0.1) is 0 Å². The number of rotatable bonds is 8. The van der Waals surface area contributed by atoms with Crippen molar-refractivity contribution in [2.75, 3.05) is 0 Å². The van der Waals surface area contributed by atoms with Crippen molar-refractivity contribution in [3.63, 3.8) is 0 Å². The average molecular weight is 408 g/mol. The monoisotopic (exact) mass is 407 g/mol. The summed E-state index contributed by atoms with van der Waals surface area (Å²) in [5.74, 6) is 1.73. The summed E-state index contributed by atoms with van der Waals surface area (Å²) >= 11 is 0. The van der Waals surface area contributed by atoms with Crippen LogP contribution in [0.25, 0.3) is 0 Å². The topological polar surface area (TPSA) is 23.8 Å². The molecule has 0 N–H and O–H groups in total. The second kappa shape index (κ2) is 12.1. The van der Waals surface area contributed by atoms with Gasteiger partial charge in [0.2, 0.25) is 0 Å². The Kier molecular flexibility index (Phi) is 9.19. The largest absolute Gasteiger partial charge is 0.196 e. The maximum absolute atomic E-state index is 13.1. The Morgan fingerprint density at radius 2 is 1.47 bits per heavy atom. The summed E-state index contributed by atoms with van der Waals surface area (Å²) in [6, 6.07) is 11.1. The predicted octanol–water partition coefficient (Wildman–Crippen LogP) is 8.43. The van der Waals surface area contributed by atoms with Crippen LogP contribution < -0.4 is 0 Å². The maximum atomic E-state index is 13.1. The summed E-state index contributed by atoms with van der Waals surface area (Å²) in [4.78, 5) is 0. The molecule has 0 aromatic heterocycles. The Hall–Kier alpha value is -1.88. The summed E-state index contributed by atoms with van der Waals surface area (Å²) in [5, 5.41) is 8.58. The molecule has 30 heavy (non-hydrogen) atoms. The van der Waals surface area contributed by atoms with E-state index >= 15 is 0 Å². The molecule has 0 aliphatic heterocycles. The Morgan fingerprint density at radius 3 is 2.03 bits per heavy atom. The van der Waals surface area contributed by atoms with Crippen molar-refractivity contribution >= 4 is 0 Å². The molecule has 2 saturated carbocycles. The van der Waals surface area contributed by atoms with Gasteiger partial charge in [0, 0.05) is 0 Å². The van der Waals surface area contributed by atoms with Gasteiger partial charge in [-0.2, -0.15) is 9.65 Å². The normalized spacial score (nSPS) is 27.8. The third kappa shape index (κ3) is 7.12. The van der Waals surface area contributed by atoms with E-state index in [1.807, 2.05) is 0 Å². The molecule has 0 saturated heterocycles. The zero-order valence-electron chi connectivity index (χ0n) is 18.7. The van der Waals surface area contributed by atoms with E-state index in [0.717, 1.165) is 37.5 Å². The molecular formula is C28H38FN. The molecule has 0 spiro atoms. The molecule has 162 valence electrons. The van der Waals surface area contributed by atoms with E-state index in [1.165, 1.54) is 68.6 Å².